The van der Waals surface area contributed by atoms with Crippen molar-refractivity contribution in [3.05, 3.63) is 83.4 Å². The van der Waals surface area contributed by atoms with Crippen molar-refractivity contribution in [1.29, 1.82) is 0 Å². The Kier molecular flexibility index (Phi) is 6.74. The fourth-order valence-electron chi connectivity index (χ4n) is 2.96. The summed E-state index contributed by atoms with van der Waals surface area (Å²) >= 11 is 0. The molecule has 1 amide bonds. The Morgan fingerprint density at radius 3 is 2.24 bits per heavy atom. The minimum Gasteiger partial charge on any atom is -0.493 e. The van der Waals surface area contributed by atoms with Gasteiger partial charge in [-0.15, -0.1) is 0 Å². The summed E-state index contributed by atoms with van der Waals surface area (Å²) in [6.45, 7) is 4.61. The average Bonchev–Trinajstić information content (AvgIpc) is 2.71. The molecule has 0 saturated heterocycles. The number of rotatable bonds is 8. The molecular formula is C24H26N2O3. The highest BCUT2D eigenvalue weighted by molar-refractivity contribution is 5.91. The molecule has 0 saturated carbocycles. The Labute approximate surface area is 171 Å². The normalized spacial score (nSPS) is 10.3. The van der Waals surface area contributed by atoms with Gasteiger partial charge in [0.15, 0.2) is 18.1 Å². The zero-order chi connectivity index (χ0) is 20.6. The Morgan fingerprint density at radius 1 is 0.862 bits per heavy atom. The molecule has 0 bridgehead atoms. The van der Waals surface area contributed by atoms with Gasteiger partial charge in [0.2, 0.25) is 0 Å². The monoisotopic (exact) mass is 390 g/mol. The number of carbonyl (C=O) groups excluding carboxylic acids is 1. The van der Waals surface area contributed by atoms with E-state index in [4.69, 9.17) is 9.47 Å². The van der Waals surface area contributed by atoms with Gasteiger partial charge in [-0.25, -0.2) is 0 Å². The fraction of sp³-hybridized carbons (Fsp3) is 0.208. The molecule has 5 nitrogen and oxygen atoms in total. The second-order valence-corrected chi connectivity index (χ2v) is 6.91. The van der Waals surface area contributed by atoms with Crippen molar-refractivity contribution in [1.82, 2.24) is 0 Å². The van der Waals surface area contributed by atoms with Gasteiger partial charge < -0.3 is 20.1 Å². The Bertz CT molecular complexity index is 985. The van der Waals surface area contributed by atoms with E-state index in [-0.39, 0.29) is 12.5 Å². The first-order valence-electron chi connectivity index (χ1n) is 9.50. The van der Waals surface area contributed by atoms with Gasteiger partial charge in [-0.3, -0.25) is 4.79 Å². The van der Waals surface area contributed by atoms with E-state index in [1.807, 2.05) is 61.5 Å². The maximum Gasteiger partial charge on any atom is 0.262 e. The lowest BCUT2D eigenvalue weighted by molar-refractivity contribution is -0.118. The fourth-order valence-corrected chi connectivity index (χ4v) is 2.96. The second kappa shape index (κ2) is 9.64. The van der Waals surface area contributed by atoms with E-state index in [0.717, 1.165) is 22.5 Å². The van der Waals surface area contributed by atoms with Crippen molar-refractivity contribution in [2.75, 3.05) is 24.4 Å². The Balaban J connectivity index is 1.57. The molecule has 0 aliphatic heterocycles. The highest BCUT2D eigenvalue weighted by Gasteiger charge is 2.09. The van der Waals surface area contributed by atoms with Crippen LogP contribution in [0.3, 0.4) is 0 Å². The first kappa shape index (κ1) is 20.3. The van der Waals surface area contributed by atoms with E-state index in [0.29, 0.717) is 18.0 Å². The zero-order valence-corrected chi connectivity index (χ0v) is 17.0. The van der Waals surface area contributed by atoms with Gasteiger partial charge in [0.05, 0.1) is 7.11 Å². The third-order valence-corrected chi connectivity index (χ3v) is 4.40. The number of benzene rings is 3. The highest BCUT2D eigenvalue weighted by atomic mass is 16.5. The molecule has 5 heteroatoms. The van der Waals surface area contributed by atoms with Crippen LogP contribution in [0.5, 0.6) is 11.5 Å². The first-order chi connectivity index (χ1) is 14.0. The molecule has 0 unspecified atom stereocenters. The number of hydrogen-bond acceptors (Lipinski definition) is 4. The third-order valence-electron chi connectivity index (χ3n) is 4.40. The summed E-state index contributed by atoms with van der Waals surface area (Å²) in [5, 5.41) is 6.22. The van der Waals surface area contributed by atoms with E-state index in [1.165, 1.54) is 5.56 Å². The molecule has 3 aromatic carbocycles. The largest absolute Gasteiger partial charge is 0.493 e. The van der Waals surface area contributed by atoms with Crippen molar-refractivity contribution < 1.29 is 14.3 Å². The molecule has 0 spiro atoms. The molecule has 3 aromatic rings. The maximum atomic E-state index is 12.2. The number of nitrogens with one attached hydrogen (secondary N) is 2. The minimum absolute atomic E-state index is 0.0921. The smallest absolute Gasteiger partial charge is 0.262 e. The summed E-state index contributed by atoms with van der Waals surface area (Å²) in [4.78, 5) is 12.2. The van der Waals surface area contributed by atoms with Crippen LogP contribution in [0.25, 0.3) is 0 Å². The molecule has 3 rings (SSSR count). The van der Waals surface area contributed by atoms with E-state index < -0.39 is 0 Å². The number of anilines is 2. The van der Waals surface area contributed by atoms with Gasteiger partial charge in [-0.2, -0.15) is 0 Å². The second-order valence-electron chi connectivity index (χ2n) is 6.91. The van der Waals surface area contributed by atoms with Gasteiger partial charge in [-0.1, -0.05) is 30.3 Å². The third kappa shape index (κ3) is 6.01. The summed E-state index contributed by atoms with van der Waals surface area (Å²) in [6.07, 6.45) is 0. The molecule has 0 aliphatic rings. The minimum atomic E-state index is -0.220. The molecule has 0 atom stereocenters. The SMILES string of the molecule is COc1cc(CNc2cccc(C)c2)ccc1OCC(=O)Nc1cccc(C)c1. The van der Waals surface area contributed by atoms with E-state index >= 15 is 0 Å². The van der Waals surface area contributed by atoms with Gasteiger partial charge in [-0.05, 0) is 66.9 Å². The van der Waals surface area contributed by atoms with Gasteiger partial charge in [0.1, 0.15) is 0 Å². The van der Waals surface area contributed by atoms with Crippen LogP contribution in [-0.2, 0) is 11.3 Å². The summed E-state index contributed by atoms with van der Waals surface area (Å²) in [5.74, 6) is 0.908. The lowest BCUT2D eigenvalue weighted by Gasteiger charge is -2.13. The summed E-state index contributed by atoms with van der Waals surface area (Å²) in [5.41, 5.74) is 5.17. The number of amides is 1. The van der Waals surface area contributed by atoms with Crippen LogP contribution in [0.1, 0.15) is 16.7 Å². The van der Waals surface area contributed by atoms with E-state index in [2.05, 4.69) is 29.7 Å². The summed E-state index contributed by atoms with van der Waals surface area (Å²) in [7, 11) is 1.59. The Hall–Kier alpha value is -3.47. The van der Waals surface area contributed by atoms with Gasteiger partial charge in [0, 0.05) is 17.9 Å². The molecule has 0 fully saturated rings. The average molecular weight is 390 g/mol. The number of hydrogen-bond donors (Lipinski definition) is 2. The quantitative estimate of drug-likeness (QED) is 0.572. The number of methoxy groups -OCH3 is 1. The van der Waals surface area contributed by atoms with Crippen molar-refractivity contribution in [2.45, 2.75) is 20.4 Å². The number of carbonyl (C=O) groups is 1. The maximum absolute atomic E-state index is 12.2. The lowest BCUT2D eigenvalue weighted by Crippen LogP contribution is -2.20. The first-order valence-corrected chi connectivity index (χ1v) is 9.50. The lowest BCUT2D eigenvalue weighted by atomic mass is 10.2. The number of aryl methyl sites for hydroxylation is 2. The molecule has 0 aromatic heterocycles. The molecular weight excluding hydrogens is 364 g/mol. The van der Waals surface area contributed by atoms with Gasteiger partial charge in [0.25, 0.3) is 5.91 Å². The van der Waals surface area contributed by atoms with Crippen LogP contribution in [0, 0.1) is 13.8 Å². The summed E-state index contributed by atoms with van der Waals surface area (Å²) in [6, 6.07) is 21.6. The van der Waals surface area contributed by atoms with E-state index in [9.17, 15) is 4.79 Å². The molecule has 0 aliphatic carbocycles. The Morgan fingerprint density at radius 2 is 1.55 bits per heavy atom. The van der Waals surface area contributed by atoms with E-state index in [1.54, 1.807) is 7.11 Å². The van der Waals surface area contributed by atoms with Crippen molar-refractivity contribution in [3.63, 3.8) is 0 Å². The van der Waals surface area contributed by atoms with Crippen molar-refractivity contribution in [3.8, 4) is 11.5 Å². The van der Waals surface area contributed by atoms with Crippen LogP contribution in [0.4, 0.5) is 11.4 Å². The molecule has 2 N–H and O–H groups in total. The van der Waals surface area contributed by atoms with Crippen LogP contribution in [0.15, 0.2) is 66.7 Å². The highest BCUT2D eigenvalue weighted by Crippen LogP contribution is 2.28. The molecule has 150 valence electrons. The topological polar surface area (TPSA) is 59.6 Å². The van der Waals surface area contributed by atoms with Crippen molar-refractivity contribution in [2.24, 2.45) is 0 Å². The van der Waals surface area contributed by atoms with Crippen LogP contribution >= 0.6 is 0 Å². The predicted molar refractivity (Wildman–Crippen MR) is 117 cm³/mol. The standard InChI is InChI=1S/C24H26N2O3/c1-17-6-4-8-20(12-17)25-15-19-10-11-22(23(14-19)28-3)29-16-24(27)26-21-9-5-7-18(2)13-21/h4-14,25H,15-16H2,1-3H3,(H,26,27). The van der Waals surface area contributed by atoms with Crippen LogP contribution < -0.4 is 20.1 Å². The van der Waals surface area contributed by atoms with Crippen LogP contribution in [0.2, 0.25) is 0 Å². The molecule has 29 heavy (non-hydrogen) atoms. The van der Waals surface area contributed by atoms with Gasteiger partial charge >= 0.3 is 0 Å². The number of ether oxygens (including phenoxy) is 2. The molecule has 0 radical (unpaired) electrons. The molecule has 0 heterocycles. The predicted octanol–water partition coefficient (Wildman–Crippen LogP) is 4.94. The van der Waals surface area contributed by atoms with Crippen LogP contribution in [-0.4, -0.2) is 19.6 Å². The van der Waals surface area contributed by atoms with Crippen molar-refractivity contribution >= 4 is 17.3 Å². The zero-order valence-electron chi connectivity index (χ0n) is 17.0. The summed E-state index contributed by atoms with van der Waals surface area (Å²) < 4.78 is 11.1.